The summed E-state index contributed by atoms with van der Waals surface area (Å²) >= 11 is 0. The van der Waals surface area contributed by atoms with E-state index in [-0.39, 0.29) is 29.9 Å². The van der Waals surface area contributed by atoms with Gasteiger partial charge >= 0.3 is 5.97 Å². The van der Waals surface area contributed by atoms with Gasteiger partial charge in [0.1, 0.15) is 5.69 Å². The molecule has 0 saturated heterocycles. The maximum absolute atomic E-state index is 12.7. The Morgan fingerprint density at radius 2 is 1.87 bits per heavy atom. The van der Waals surface area contributed by atoms with E-state index in [1.165, 1.54) is 24.1 Å². The summed E-state index contributed by atoms with van der Waals surface area (Å²) in [6, 6.07) is 11.4. The Balaban J connectivity index is 2.16. The molecule has 0 unspecified atom stereocenters. The third-order valence-electron chi connectivity index (χ3n) is 4.29. The van der Waals surface area contributed by atoms with Crippen LogP contribution in [0.2, 0.25) is 0 Å². The monoisotopic (exact) mass is 410 g/mol. The quantitative estimate of drug-likeness (QED) is 0.402. The van der Waals surface area contributed by atoms with Gasteiger partial charge in [0.25, 0.3) is 11.6 Å². The lowest BCUT2D eigenvalue weighted by atomic mass is 10.1. The van der Waals surface area contributed by atoms with Gasteiger partial charge in [-0.05, 0) is 49.2 Å². The topological polar surface area (TPSA) is 126 Å². The smallest absolute Gasteiger partial charge is 0.338 e. The van der Waals surface area contributed by atoms with E-state index in [0.29, 0.717) is 5.69 Å². The maximum Gasteiger partial charge on any atom is 0.338 e. The van der Waals surface area contributed by atoms with Crippen molar-refractivity contribution in [1.82, 2.24) is 0 Å². The largest absolute Gasteiger partial charge is 0.452 e. The first-order valence-electron chi connectivity index (χ1n) is 9.15. The number of carbonyl (C=O) groups is 2. The highest BCUT2D eigenvalue weighted by molar-refractivity contribution is 5.97. The number of ether oxygens (including phenoxy) is 1. The second kappa shape index (κ2) is 10.0. The van der Waals surface area contributed by atoms with Gasteiger partial charge in [0.2, 0.25) is 0 Å². The van der Waals surface area contributed by atoms with Crippen LogP contribution < -0.4 is 10.2 Å². The molecule has 156 valence electrons. The molecule has 2 rings (SSSR count). The summed E-state index contributed by atoms with van der Waals surface area (Å²) in [5, 5.41) is 22.7. The first-order valence-corrected chi connectivity index (χ1v) is 9.15. The molecule has 9 heteroatoms. The average molecular weight is 410 g/mol. The van der Waals surface area contributed by atoms with Crippen LogP contribution in [-0.2, 0) is 9.53 Å². The van der Waals surface area contributed by atoms with E-state index in [4.69, 9.17) is 10.00 Å². The fourth-order valence-corrected chi connectivity index (χ4v) is 2.98. The van der Waals surface area contributed by atoms with Crippen molar-refractivity contribution in [3.05, 3.63) is 63.2 Å². The zero-order valence-electron chi connectivity index (χ0n) is 17.0. The van der Waals surface area contributed by atoms with Gasteiger partial charge in [-0.1, -0.05) is 6.07 Å². The minimum Gasteiger partial charge on any atom is -0.452 e. The number of nitriles is 1. The summed E-state index contributed by atoms with van der Waals surface area (Å²) in [5.41, 5.74) is 2.46. The van der Waals surface area contributed by atoms with Crippen molar-refractivity contribution in [3.8, 4) is 6.07 Å². The number of amides is 1. The van der Waals surface area contributed by atoms with Crippen molar-refractivity contribution in [1.29, 1.82) is 5.26 Å². The molecule has 9 nitrogen and oxygen atoms in total. The maximum atomic E-state index is 12.7. The number of esters is 1. The van der Waals surface area contributed by atoms with E-state index in [0.717, 1.165) is 17.2 Å². The van der Waals surface area contributed by atoms with Crippen LogP contribution in [0.4, 0.5) is 17.1 Å². The van der Waals surface area contributed by atoms with Gasteiger partial charge in [-0.15, -0.1) is 0 Å². The SMILES string of the molecule is CNc1ccc(C(=O)OCC(=O)N(CCC#N)c2cc(C)cc(C)c2)cc1[N+](=O)[O-]. The van der Waals surface area contributed by atoms with Crippen LogP contribution in [0.5, 0.6) is 0 Å². The van der Waals surface area contributed by atoms with Crippen LogP contribution in [-0.4, -0.2) is 37.0 Å². The van der Waals surface area contributed by atoms with E-state index in [1.54, 1.807) is 0 Å². The minimum atomic E-state index is -0.852. The number of benzene rings is 2. The fraction of sp³-hybridized carbons (Fsp3) is 0.286. The number of nitro benzene ring substituents is 1. The van der Waals surface area contributed by atoms with Gasteiger partial charge in [-0.2, -0.15) is 5.26 Å². The Morgan fingerprint density at radius 3 is 2.43 bits per heavy atom. The molecule has 0 bridgehead atoms. The molecule has 0 radical (unpaired) electrons. The molecule has 1 N–H and O–H groups in total. The van der Waals surface area contributed by atoms with Crippen LogP contribution in [0, 0.1) is 35.3 Å². The molecule has 2 aromatic carbocycles. The molecule has 0 aliphatic heterocycles. The van der Waals surface area contributed by atoms with E-state index in [2.05, 4.69) is 5.32 Å². The number of hydrogen-bond donors (Lipinski definition) is 1. The molecule has 1 amide bonds. The van der Waals surface area contributed by atoms with Crippen molar-refractivity contribution in [2.45, 2.75) is 20.3 Å². The summed E-state index contributed by atoms with van der Waals surface area (Å²) in [6.45, 7) is 3.38. The number of carbonyl (C=O) groups excluding carboxylic acids is 2. The number of aryl methyl sites for hydroxylation is 2. The number of rotatable bonds is 8. The van der Waals surface area contributed by atoms with Crippen molar-refractivity contribution >= 4 is 28.9 Å². The van der Waals surface area contributed by atoms with E-state index < -0.39 is 23.4 Å². The molecule has 30 heavy (non-hydrogen) atoms. The molecule has 2 aromatic rings. The van der Waals surface area contributed by atoms with Gasteiger partial charge in [0.15, 0.2) is 6.61 Å². The van der Waals surface area contributed by atoms with Gasteiger partial charge in [0.05, 0.1) is 23.0 Å². The van der Waals surface area contributed by atoms with Crippen molar-refractivity contribution in [2.75, 3.05) is 30.4 Å². The zero-order chi connectivity index (χ0) is 22.3. The first-order chi connectivity index (χ1) is 14.3. The van der Waals surface area contributed by atoms with E-state index >= 15 is 0 Å². The highest BCUT2D eigenvalue weighted by Crippen LogP contribution is 2.25. The molecular weight excluding hydrogens is 388 g/mol. The van der Waals surface area contributed by atoms with Crippen molar-refractivity contribution < 1.29 is 19.2 Å². The van der Waals surface area contributed by atoms with Crippen LogP contribution in [0.1, 0.15) is 27.9 Å². The Bertz CT molecular complexity index is 993. The standard InChI is InChI=1S/C21H22N4O5/c1-14-9-15(2)11-17(10-14)24(8-4-7-22)20(26)13-30-21(27)16-5-6-18(23-3)19(12-16)25(28)29/h5-6,9-12,23H,4,8,13H2,1-3H3. The number of nitrogens with zero attached hydrogens (tertiary/aromatic N) is 3. The molecular formula is C21H22N4O5. The number of nitrogens with one attached hydrogen (secondary N) is 1. The van der Waals surface area contributed by atoms with Gasteiger partial charge in [0, 0.05) is 25.3 Å². The third-order valence-corrected chi connectivity index (χ3v) is 4.29. The Kier molecular flexibility index (Phi) is 7.47. The van der Waals surface area contributed by atoms with Crippen LogP contribution in [0.3, 0.4) is 0 Å². The molecule has 0 fully saturated rings. The first kappa shape index (κ1) is 22.4. The summed E-state index contributed by atoms with van der Waals surface area (Å²) in [6.07, 6.45) is 0.115. The predicted octanol–water partition coefficient (Wildman–Crippen LogP) is 3.36. The average Bonchev–Trinajstić information content (AvgIpc) is 2.71. The van der Waals surface area contributed by atoms with E-state index in [1.807, 2.05) is 38.1 Å². The van der Waals surface area contributed by atoms with Crippen LogP contribution in [0.25, 0.3) is 0 Å². The van der Waals surface area contributed by atoms with Crippen LogP contribution >= 0.6 is 0 Å². The molecule has 0 spiro atoms. The van der Waals surface area contributed by atoms with Crippen molar-refractivity contribution in [2.24, 2.45) is 0 Å². The molecule has 0 atom stereocenters. The van der Waals surface area contributed by atoms with Crippen molar-refractivity contribution in [3.63, 3.8) is 0 Å². The molecule has 0 aromatic heterocycles. The Labute approximate surface area is 174 Å². The zero-order valence-corrected chi connectivity index (χ0v) is 17.0. The summed E-state index contributed by atoms with van der Waals surface area (Å²) < 4.78 is 5.08. The van der Waals surface area contributed by atoms with Gasteiger partial charge in [-0.3, -0.25) is 14.9 Å². The number of nitro groups is 1. The van der Waals surface area contributed by atoms with E-state index in [9.17, 15) is 19.7 Å². The fourth-order valence-electron chi connectivity index (χ4n) is 2.98. The Hall–Kier alpha value is -3.93. The second-order valence-corrected chi connectivity index (χ2v) is 6.61. The lowest BCUT2D eigenvalue weighted by molar-refractivity contribution is -0.384. The lowest BCUT2D eigenvalue weighted by Gasteiger charge is -2.22. The Morgan fingerprint density at radius 1 is 1.20 bits per heavy atom. The highest BCUT2D eigenvalue weighted by Gasteiger charge is 2.21. The second-order valence-electron chi connectivity index (χ2n) is 6.61. The normalized spacial score (nSPS) is 10.1. The molecule has 0 heterocycles. The summed E-state index contributed by atoms with van der Waals surface area (Å²) in [5.74, 6) is -1.35. The minimum absolute atomic E-state index is 0.0384. The molecule has 0 saturated carbocycles. The lowest BCUT2D eigenvalue weighted by Crippen LogP contribution is -2.35. The van der Waals surface area contributed by atoms with Gasteiger partial charge < -0.3 is 15.0 Å². The molecule has 0 aliphatic carbocycles. The van der Waals surface area contributed by atoms with Crippen LogP contribution in [0.15, 0.2) is 36.4 Å². The highest BCUT2D eigenvalue weighted by atomic mass is 16.6. The molecule has 0 aliphatic rings. The summed E-state index contributed by atoms with van der Waals surface area (Å²) in [4.78, 5) is 36.9. The number of hydrogen-bond acceptors (Lipinski definition) is 7. The summed E-state index contributed by atoms with van der Waals surface area (Å²) in [7, 11) is 1.53. The predicted molar refractivity (Wildman–Crippen MR) is 111 cm³/mol. The number of anilines is 2. The third kappa shape index (κ3) is 5.54. The van der Waals surface area contributed by atoms with Gasteiger partial charge in [-0.25, -0.2) is 4.79 Å².